The molecule has 1 aliphatic carbocycles. The lowest BCUT2D eigenvalue weighted by Crippen LogP contribution is -2.36. The summed E-state index contributed by atoms with van der Waals surface area (Å²) in [7, 11) is 0. The fourth-order valence-electron chi connectivity index (χ4n) is 2.34. The second kappa shape index (κ2) is 6.50. The Morgan fingerprint density at radius 3 is 2.53 bits per heavy atom. The highest BCUT2D eigenvalue weighted by Gasteiger charge is 2.21. The molecule has 2 nitrogen and oxygen atoms in total. The van der Waals surface area contributed by atoms with Crippen molar-refractivity contribution in [1.29, 1.82) is 0 Å². The quantitative estimate of drug-likeness (QED) is 0.708. The van der Waals surface area contributed by atoms with E-state index in [-0.39, 0.29) is 5.91 Å². The Balaban J connectivity index is 2.24. The van der Waals surface area contributed by atoms with Gasteiger partial charge in [-0.3, -0.25) is 4.79 Å². The Kier molecular flexibility index (Phi) is 5.25. The van der Waals surface area contributed by atoms with Crippen LogP contribution in [0.3, 0.4) is 0 Å². The monoisotopic (exact) mass is 207 g/mol. The van der Waals surface area contributed by atoms with Crippen LogP contribution >= 0.6 is 0 Å². The summed E-state index contributed by atoms with van der Waals surface area (Å²) in [5.41, 5.74) is 0. The van der Waals surface area contributed by atoms with E-state index >= 15 is 0 Å². The van der Waals surface area contributed by atoms with Crippen molar-refractivity contribution in [3.8, 4) is 11.8 Å². The normalized spacial score (nSPS) is 25.2. The van der Waals surface area contributed by atoms with Crippen LogP contribution in [0.5, 0.6) is 0 Å². The van der Waals surface area contributed by atoms with Crippen molar-refractivity contribution in [3.63, 3.8) is 0 Å². The highest BCUT2D eigenvalue weighted by atomic mass is 16.1. The summed E-state index contributed by atoms with van der Waals surface area (Å²) in [6, 6.07) is 0.367. The Hall–Kier alpha value is -0.970. The molecule has 1 aliphatic rings. The minimum Gasteiger partial charge on any atom is -0.343 e. The third-order valence-corrected chi connectivity index (χ3v) is 3.12. The van der Waals surface area contributed by atoms with Crippen molar-refractivity contribution in [2.24, 2.45) is 5.92 Å². The van der Waals surface area contributed by atoms with Crippen molar-refractivity contribution >= 4 is 5.91 Å². The fourth-order valence-corrected chi connectivity index (χ4v) is 2.34. The maximum absolute atomic E-state index is 11.2. The van der Waals surface area contributed by atoms with Gasteiger partial charge in [0, 0.05) is 6.04 Å². The van der Waals surface area contributed by atoms with E-state index in [1.165, 1.54) is 25.7 Å². The third-order valence-electron chi connectivity index (χ3n) is 3.12. The first-order valence-corrected chi connectivity index (χ1v) is 5.99. The summed E-state index contributed by atoms with van der Waals surface area (Å²) >= 11 is 0. The molecule has 1 amide bonds. The SMILES string of the molecule is CC#CC(=O)N[C@H]1CC[C@@H](CCC)CC1. The average Bonchev–Trinajstić information content (AvgIpc) is 2.22. The van der Waals surface area contributed by atoms with Gasteiger partial charge in [0.1, 0.15) is 0 Å². The Morgan fingerprint density at radius 1 is 1.33 bits per heavy atom. The zero-order chi connectivity index (χ0) is 11.1. The van der Waals surface area contributed by atoms with Crippen LogP contribution in [0.4, 0.5) is 0 Å². The minimum absolute atomic E-state index is 0.114. The molecule has 15 heavy (non-hydrogen) atoms. The lowest BCUT2D eigenvalue weighted by molar-refractivity contribution is -0.116. The van der Waals surface area contributed by atoms with Crippen molar-refractivity contribution in [3.05, 3.63) is 0 Å². The summed E-state index contributed by atoms with van der Waals surface area (Å²) in [6.45, 7) is 3.93. The van der Waals surface area contributed by atoms with E-state index in [9.17, 15) is 4.79 Å². The number of hydrogen-bond donors (Lipinski definition) is 1. The van der Waals surface area contributed by atoms with E-state index in [0.29, 0.717) is 6.04 Å². The van der Waals surface area contributed by atoms with Crippen molar-refractivity contribution < 1.29 is 4.79 Å². The highest BCUT2D eigenvalue weighted by molar-refractivity contribution is 5.93. The van der Waals surface area contributed by atoms with Crippen LogP contribution in [0.25, 0.3) is 0 Å². The van der Waals surface area contributed by atoms with Crippen molar-refractivity contribution in [1.82, 2.24) is 5.32 Å². The van der Waals surface area contributed by atoms with Gasteiger partial charge in [-0.25, -0.2) is 0 Å². The Bertz CT molecular complexity index is 253. The number of amides is 1. The van der Waals surface area contributed by atoms with Gasteiger partial charge < -0.3 is 5.32 Å². The summed E-state index contributed by atoms with van der Waals surface area (Å²) in [5, 5.41) is 2.97. The molecule has 1 fully saturated rings. The smallest absolute Gasteiger partial charge is 0.296 e. The van der Waals surface area contributed by atoms with Gasteiger partial charge in [-0.15, -0.1) is 0 Å². The van der Waals surface area contributed by atoms with Crippen molar-refractivity contribution in [2.45, 2.75) is 58.4 Å². The lowest BCUT2D eigenvalue weighted by atomic mass is 9.83. The predicted octanol–water partition coefficient (Wildman–Crippen LogP) is 2.48. The second-order valence-corrected chi connectivity index (χ2v) is 4.35. The molecule has 0 aliphatic heterocycles. The molecule has 0 atom stereocenters. The molecule has 0 saturated heterocycles. The van der Waals surface area contributed by atoms with Gasteiger partial charge in [-0.05, 0) is 44.4 Å². The first-order chi connectivity index (χ1) is 7.26. The maximum atomic E-state index is 11.2. The number of nitrogens with one attached hydrogen (secondary N) is 1. The van der Waals surface area contributed by atoms with Crippen LogP contribution in [-0.4, -0.2) is 11.9 Å². The largest absolute Gasteiger partial charge is 0.343 e. The number of hydrogen-bond acceptors (Lipinski definition) is 1. The predicted molar refractivity (Wildman–Crippen MR) is 62.2 cm³/mol. The Labute approximate surface area is 92.8 Å². The summed E-state index contributed by atoms with van der Waals surface area (Å²) < 4.78 is 0. The van der Waals surface area contributed by atoms with Crippen molar-refractivity contribution in [2.75, 3.05) is 0 Å². The fraction of sp³-hybridized carbons (Fsp3) is 0.769. The van der Waals surface area contributed by atoms with Gasteiger partial charge in [-0.1, -0.05) is 25.7 Å². The van der Waals surface area contributed by atoms with Gasteiger partial charge in [0.05, 0.1) is 0 Å². The second-order valence-electron chi connectivity index (χ2n) is 4.35. The molecule has 0 bridgehead atoms. The first kappa shape index (κ1) is 12.1. The maximum Gasteiger partial charge on any atom is 0.296 e. The number of carbonyl (C=O) groups is 1. The van der Waals surface area contributed by atoms with Gasteiger partial charge >= 0.3 is 0 Å². The Morgan fingerprint density at radius 2 is 2.00 bits per heavy atom. The van der Waals surface area contributed by atoms with E-state index < -0.39 is 0 Å². The summed E-state index contributed by atoms with van der Waals surface area (Å²) in [6.07, 6.45) is 7.40. The molecule has 1 rings (SSSR count). The summed E-state index contributed by atoms with van der Waals surface area (Å²) in [4.78, 5) is 11.2. The number of rotatable bonds is 3. The molecule has 1 saturated carbocycles. The van der Waals surface area contributed by atoms with Crippen LogP contribution in [0.2, 0.25) is 0 Å². The van der Waals surface area contributed by atoms with Crippen LogP contribution < -0.4 is 5.32 Å². The molecule has 84 valence electrons. The molecular formula is C13H21NO. The van der Waals surface area contributed by atoms with E-state index in [4.69, 9.17) is 0 Å². The van der Waals surface area contributed by atoms with Gasteiger partial charge in [0.2, 0.25) is 0 Å². The molecule has 0 unspecified atom stereocenters. The molecular weight excluding hydrogens is 186 g/mol. The van der Waals surface area contributed by atoms with E-state index in [1.807, 2.05) is 0 Å². The summed E-state index contributed by atoms with van der Waals surface area (Å²) in [5.74, 6) is 5.93. The van der Waals surface area contributed by atoms with Gasteiger partial charge in [-0.2, -0.15) is 0 Å². The zero-order valence-electron chi connectivity index (χ0n) is 9.81. The van der Waals surface area contributed by atoms with Crippen LogP contribution in [0.1, 0.15) is 52.4 Å². The van der Waals surface area contributed by atoms with E-state index in [1.54, 1.807) is 6.92 Å². The molecule has 0 heterocycles. The van der Waals surface area contributed by atoms with Gasteiger partial charge in [0.25, 0.3) is 5.91 Å². The van der Waals surface area contributed by atoms with Crippen LogP contribution in [0, 0.1) is 17.8 Å². The van der Waals surface area contributed by atoms with Gasteiger partial charge in [0.15, 0.2) is 0 Å². The molecule has 0 aromatic rings. The molecule has 0 aromatic heterocycles. The molecule has 0 radical (unpaired) electrons. The number of carbonyl (C=O) groups excluding carboxylic acids is 1. The molecule has 0 spiro atoms. The van der Waals surface area contributed by atoms with E-state index in [2.05, 4.69) is 24.1 Å². The molecule has 1 N–H and O–H groups in total. The zero-order valence-corrected chi connectivity index (χ0v) is 9.81. The third kappa shape index (κ3) is 4.38. The first-order valence-electron chi connectivity index (χ1n) is 5.99. The lowest BCUT2D eigenvalue weighted by Gasteiger charge is -2.28. The standard InChI is InChI=1S/C13H21NO/c1-3-5-11-7-9-12(10-8-11)14-13(15)6-4-2/h11-12H,3,5,7-10H2,1-2H3,(H,14,15)/t11-,12+. The van der Waals surface area contributed by atoms with Crippen LogP contribution in [-0.2, 0) is 4.79 Å². The average molecular weight is 207 g/mol. The highest BCUT2D eigenvalue weighted by Crippen LogP contribution is 2.27. The van der Waals surface area contributed by atoms with E-state index in [0.717, 1.165) is 18.8 Å². The molecule has 2 heteroatoms. The minimum atomic E-state index is -0.114. The molecule has 0 aromatic carbocycles. The van der Waals surface area contributed by atoms with Crippen LogP contribution in [0.15, 0.2) is 0 Å². The topological polar surface area (TPSA) is 29.1 Å².